The van der Waals surface area contributed by atoms with Crippen molar-refractivity contribution in [3.63, 3.8) is 0 Å². The van der Waals surface area contributed by atoms with Crippen LogP contribution in [0.2, 0.25) is 0 Å². The molecule has 0 aliphatic heterocycles. The average Bonchev–Trinajstić information content (AvgIpc) is 2.62. The second kappa shape index (κ2) is 6.98. The van der Waals surface area contributed by atoms with Gasteiger partial charge in [-0.05, 0) is 50.2 Å². The summed E-state index contributed by atoms with van der Waals surface area (Å²) in [7, 11) is 0. The summed E-state index contributed by atoms with van der Waals surface area (Å²) < 4.78 is 0. The topological polar surface area (TPSA) is 16.1 Å². The molecule has 0 aliphatic rings. The molecule has 0 spiro atoms. The summed E-state index contributed by atoms with van der Waals surface area (Å²) in [6, 6.07) is 18.5. The van der Waals surface area contributed by atoms with Gasteiger partial charge in [0.2, 0.25) is 0 Å². The second-order valence-electron chi connectivity index (χ2n) is 5.34. The molecule has 0 atom stereocenters. The van der Waals surface area contributed by atoms with E-state index in [0.29, 0.717) is 0 Å². The highest BCUT2D eigenvalue weighted by Gasteiger charge is 2.01. The molecule has 2 nitrogen and oxygen atoms in total. The molecule has 0 fully saturated rings. The summed E-state index contributed by atoms with van der Waals surface area (Å²) in [4.78, 5) is 6.70. The molecule has 0 aliphatic carbocycles. The largest absolute Gasteiger partial charge is 0.372 e. The number of hydrogen-bond donors (Lipinski definition) is 0. The van der Waals surface area contributed by atoms with Crippen LogP contribution in [0.1, 0.15) is 25.0 Å². The number of hydrogen-bond acceptors (Lipinski definition) is 2. The number of rotatable bonds is 3. The molecule has 114 valence electrons. The maximum absolute atomic E-state index is 4.37. The van der Waals surface area contributed by atoms with Crippen LogP contribution in [-0.2, 0) is 0 Å². The predicted molar refractivity (Wildman–Crippen MR) is 97.7 cm³/mol. The molecule has 0 N–H and O–H groups in total. The van der Waals surface area contributed by atoms with Crippen molar-refractivity contribution in [2.24, 2.45) is 0 Å². The van der Waals surface area contributed by atoms with E-state index in [2.05, 4.69) is 65.9 Å². The Kier molecular flexibility index (Phi) is 4.59. The average molecular weight is 300 g/mol. The fraction of sp³-hybridized carbons (Fsp3) is 0.190. The summed E-state index contributed by atoms with van der Waals surface area (Å²) >= 11 is 0. The lowest BCUT2D eigenvalue weighted by molar-refractivity contribution is 0.866. The van der Waals surface area contributed by atoms with Gasteiger partial charge in [0.1, 0.15) is 0 Å². The van der Waals surface area contributed by atoms with Gasteiger partial charge in [-0.2, -0.15) is 0 Å². The molecule has 1 heterocycles. The van der Waals surface area contributed by atoms with Gasteiger partial charge in [0, 0.05) is 41.5 Å². The smallest absolute Gasteiger partial charge is 0.0714 e. The molecule has 0 bridgehead atoms. The molecule has 0 saturated heterocycles. The predicted octanol–water partition coefficient (Wildman–Crippen LogP) is 4.48. The van der Waals surface area contributed by atoms with Crippen LogP contribution in [0.4, 0.5) is 5.69 Å². The number of benzene rings is 2. The van der Waals surface area contributed by atoms with Crippen LogP contribution in [-0.4, -0.2) is 18.1 Å². The lowest BCUT2D eigenvalue weighted by Crippen LogP contribution is -2.21. The van der Waals surface area contributed by atoms with Crippen molar-refractivity contribution >= 4 is 16.6 Å². The Bertz CT molecular complexity index is 845. The molecule has 0 saturated carbocycles. The fourth-order valence-corrected chi connectivity index (χ4v) is 2.69. The van der Waals surface area contributed by atoms with E-state index in [9.17, 15) is 0 Å². The number of aromatic nitrogens is 1. The van der Waals surface area contributed by atoms with Gasteiger partial charge in [0.05, 0.1) is 5.52 Å². The lowest BCUT2D eigenvalue weighted by Gasteiger charge is -2.20. The minimum absolute atomic E-state index is 0.983. The Morgan fingerprint density at radius 3 is 2.35 bits per heavy atom. The van der Waals surface area contributed by atoms with Gasteiger partial charge in [-0.3, -0.25) is 4.98 Å². The normalized spacial score (nSPS) is 10.2. The Morgan fingerprint density at radius 2 is 1.61 bits per heavy atom. The van der Waals surface area contributed by atoms with Crippen LogP contribution < -0.4 is 4.90 Å². The first kappa shape index (κ1) is 15.1. The van der Waals surface area contributed by atoms with E-state index >= 15 is 0 Å². The second-order valence-corrected chi connectivity index (χ2v) is 5.34. The molecular weight excluding hydrogens is 280 g/mol. The van der Waals surface area contributed by atoms with E-state index in [1.54, 1.807) is 0 Å². The third-order valence-corrected chi connectivity index (χ3v) is 3.99. The van der Waals surface area contributed by atoms with Crippen LogP contribution in [0, 0.1) is 11.8 Å². The monoisotopic (exact) mass is 300 g/mol. The fourth-order valence-electron chi connectivity index (χ4n) is 2.69. The first-order valence-corrected chi connectivity index (χ1v) is 8.02. The maximum atomic E-state index is 4.37. The number of para-hydroxylation sites is 1. The molecule has 0 unspecified atom stereocenters. The van der Waals surface area contributed by atoms with Gasteiger partial charge in [0.25, 0.3) is 0 Å². The van der Waals surface area contributed by atoms with Crippen LogP contribution >= 0.6 is 0 Å². The first-order valence-electron chi connectivity index (χ1n) is 8.02. The van der Waals surface area contributed by atoms with E-state index in [4.69, 9.17) is 0 Å². The zero-order valence-corrected chi connectivity index (χ0v) is 13.6. The zero-order chi connectivity index (χ0) is 16.1. The molecule has 2 heteroatoms. The minimum Gasteiger partial charge on any atom is -0.372 e. The molecule has 2 aromatic carbocycles. The standard InChI is InChI=1S/C21H20N2/c1-3-23(4-2)19-13-10-17(11-14-19)9-12-18-15-16-22-21-8-6-5-7-20(18)21/h5-8,10-11,13-16H,3-4H2,1-2H3. The van der Waals surface area contributed by atoms with Crippen molar-refractivity contribution in [3.8, 4) is 11.8 Å². The van der Waals surface area contributed by atoms with Crippen molar-refractivity contribution in [1.82, 2.24) is 4.98 Å². The van der Waals surface area contributed by atoms with Gasteiger partial charge in [-0.1, -0.05) is 30.0 Å². The van der Waals surface area contributed by atoms with Gasteiger partial charge in [0.15, 0.2) is 0 Å². The van der Waals surface area contributed by atoms with Crippen LogP contribution in [0.25, 0.3) is 10.9 Å². The van der Waals surface area contributed by atoms with Crippen molar-refractivity contribution in [2.45, 2.75) is 13.8 Å². The molecule has 3 rings (SSSR count). The van der Waals surface area contributed by atoms with Crippen LogP contribution in [0.3, 0.4) is 0 Å². The number of nitrogens with zero attached hydrogens (tertiary/aromatic N) is 2. The summed E-state index contributed by atoms with van der Waals surface area (Å²) in [5, 5.41) is 1.10. The first-order chi connectivity index (χ1) is 11.3. The minimum atomic E-state index is 0.983. The summed E-state index contributed by atoms with van der Waals surface area (Å²) in [5.74, 6) is 6.54. The summed E-state index contributed by atoms with van der Waals surface area (Å²) in [6.07, 6.45) is 1.82. The van der Waals surface area contributed by atoms with Gasteiger partial charge in [-0.15, -0.1) is 0 Å². The van der Waals surface area contributed by atoms with Crippen molar-refractivity contribution < 1.29 is 0 Å². The third-order valence-electron chi connectivity index (χ3n) is 3.99. The zero-order valence-electron chi connectivity index (χ0n) is 13.6. The highest BCUT2D eigenvalue weighted by molar-refractivity contribution is 5.84. The molecule has 0 radical (unpaired) electrons. The maximum Gasteiger partial charge on any atom is 0.0714 e. The number of pyridine rings is 1. The SMILES string of the molecule is CCN(CC)c1ccc(C#Cc2ccnc3ccccc23)cc1. The Morgan fingerprint density at radius 1 is 0.870 bits per heavy atom. The third kappa shape index (κ3) is 3.35. The Balaban J connectivity index is 1.89. The highest BCUT2D eigenvalue weighted by Crippen LogP contribution is 2.16. The van der Waals surface area contributed by atoms with Crippen molar-refractivity contribution in [1.29, 1.82) is 0 Å². The highest BCUT2D eigenvalue weighted by atomic mass is 15.1. The van der Waals surface area contributed by atoms with Crippen LogP contribution in [0.15, 0.2) is 60.8 Å². The van der Waals surface area contributed by atoms with E-state index in [1.807, 2.05) is 30.5 Å². The Labute approximate surface area is 137 Å². The Hall–Kier alpha value is -2.79. The van der Waals surface area contributed by atoms with Crippen LogP contribution in [0.5, 0.6) is 0 Å². The molecular formula is C21H20N2. The van der Waals surface area contributed by atoms with Crippen molar-refractivity contribution in [3.05, 3.63) is 71.9 Å². The van der Waals surface area contributed by atoms with Gasteiger partial charge >= 0.3 is 0 Å². The number of anilines is 1. The summed E-state index contributed by atoms with van der Waals surface area (Å²) in [6.45, 7) is 6.38. The quantitative estimate of drug-likeness (QED) is 0.663. The molecule has 1 aromatic heterocycles. The van der Waals surface area contributed by atoms with Crippen molar-refractivity contribution in [2.75, 3.05) is 18.0 Å². The molecule has 0 amide bonds. The van der Waals surface area contributed by atoms with E-state index in [1.165, 1.54) is 5.69 Å². The van der Waals surface area contributed by atoms with E-state index in [-0.39, 0.29) is 0 Å². The number of fused-ring (bicyclic) bond motifs is 1. The summed E-state index contributed by atoms with van der Waals surface area (Å²) in [5.41, 5.74) is 4.27. The van der Waals surface area contributed by atoms with E-state index < -0.39 is 0 Å². The van der Waals surface area contributed by atoms with Gasteiger partial charge in [-0.25, -0.2) is 0 Å². The van der Waals surface area contributed by atoms with Gasteiger partial charge < -0.3 is 4.90 Å². The molecule has 23 heavy (non-hydrogen) atoms. The van der Waals surface area contributed by atoms with E-state index in [0.717, 1.165) is 35.1 Å². The molecule has 3 aromatic rings. The lowest BCUT2D eigenvalue weighted by atomic mass is 10.1.